The van der Waals surface area contributed by atoms with E-state index in [0.29, 0.717) is 4.32 Å². The molecule has 68 valence electrons. The van der Waals surface area contributed by atoms with Crippen LogP contribution < -0.4 is 5.32 Å². The molecule has 1 aliphatic heterocycles. The summed E-state index contributed by atoms with van der Waals surface area (Å²) in [6.45, 7) is 2.53. The molecular weight excluding hydrogens is 214 g/mol. The molecule has 4 fully saturated rings. The highest BCUT2D eigenvalue weighted by atomic mass is 79.9. The van der Waals surface area contributed by atoms with Crippen molar-refractivity contribution >= 4 is 15.9 Å². The Labute approximate surface area is 82.4 Å². The van der Waals surface area contributed by atoms with Gasteiger partial charge < -0.3 is 5.32 Å². The van der Waals surface area contributed by atoms with E-state index in [9.17, 15) is 0 Å². The van der Waals surface area contributed by atoms with E-state index in [4.69, 9.17) is 0 Å². The van der Waals surface area contributed by atoms with E-state index >= 15 is 0 Å². The molecule has 0 aromatic heterocycles. The second kappa shape index (κ2) is 2.27. The van der Waals surface area contributed by atoms with Gasteiger partial charge in [-0.3, -0.25) is 0 Å². The Kier molecular flexibility index (Phi) is 1.48. The average Bonchev–Trinajstić information content (AvgIpc) is 1.99. The summed E-state index contributed by atoms with van der Waals surface area (Å²) in [4.78, 5) is 0. The van der Waals surface area contributed by atoms with E-state index in [1.165, 1.54) is 45.2 Å². The number of alkyl halides is 1. The summed E-state index contributed by atoms with van der Waals surface area (Å²) < 4.78 is 0.623. The van der Waals surface area contributed by atoms with Gasteiger partial charge in [-0.15, -0.1) is 0 Å². The third kappa shape index (κ3) is 0.884. The fourth-order valence-electron chi connectivity index (χ4n) is 3.60. The van der Waals surface area contributed by atoms with Crippen molar-refractivity contribution in [3.8, 4) is 0 Å². The van der Waals surface area contributed by atoms with Gasteiger partial charge in [-0.2, -0.15) is 0 Å². The topological polar surface area (TPSA) is 12.0 Å². The molecule has 0 atom stereocenters. The maximum absolute atomic E-state index is 3.82. The minimum Gasteiger partial charge on any atom is -0.317 e. The first kappa shape index (κ1) is 7.81. The summed E-state index contributed by atoms with van der Waals surface area (Å²) in [6, 6.07) is 0. The van der Waals surface area contributed by atoms with E-state index in [0.717, 1.165) is 11.3 Å². The summed E-state index contributed by atoms with van der Waals surface area (Å²) in [5.41, 5.74) is 0.811. The molecule has 2 heteroatoms. The lowest BCUT2D eigenvalue weighted by molar-refractivity contribution is -0.127. The molecule has 1 nitrogen and oxygen atoms in total. The molecule has 12 heavy (non-hydrogen) atoms. The Morgan fingerprint density at radius 2 is 1.67 bits per heavy atom. The maximum Gasteiger partial charge on any atom is 0.0274 e. The highest BCUT2D eigenvalue weighted by Gasteiger charge is 2.68. The second-order valence-corrected chi connectivity index (χ2v) is 6.75. The lowest BCUT2D eigenvalue weighted by atomic mass is 9.39. The maximum atomic E-state index is 3.82. The first-order valence-corrected chi connectivity index (χ1v) is 5.92. The van der Waals surface area contributed by atoms with Gasteiger partial charge in [-0.25, -0.2) is 0 Å². The predicted molar refractivity (Wildman–Crippen MR) is 53.5 cm³/mol. The van der Waals surface area contributed by atoms with Gasteiger partial charge >= 0.3 is 0 Å². The van der Waals surface area contributed by atoms with Crippen molar-refractivity contribution in [1.82, 2.24) is 5.32 Å². The molecule has 0 spiro atoms. The third-order valence-electron chi connectivity index (χ3n) is 4.21. The van der Waals surface area contributed by atoms with Crippen molar-refractivity contribution in [2.45, 2.75) is 36.4 Å². The smallest absolute Gasteiger partial charge is 0.0274 e. The van der Waals surface area contributed by atoms with Gasteiger partial charge in [-0.1, -0.05) is 15.9 Å². The molecule has 4 rings (SSSR count). The van der Waals surface area contributed by atoms with Crippen LogP contribution in [-0.4, -0.2) is 17.4 Å². The van der Waals surface area contributed by atoms with Crippen LogP contribution in [0.3, 0.4) is 0 Å². The van der Waals surface area contributed by atoms with Crippen molar-refractivity contribution in [1.29, 1.82) is 0 Å². The SMILES string of the molecule is BrC12CC(C3CCNCC3)(C1)C2. The van der Waals surface area contributed by atoms with Crippen LogP contribution in [0.25, 0.3) is 0 Å². The van der Waals surface area contributed by atoms with Crippen LogP contribution in [0, 0.1) is 11.3 Å². The number of rotatable bonds is 1. The Bertz CT molecular complexity index is 188. The van der Waals surface area contributed by atoms with Gasteiger partial charge in [-0.05, 0) is 56.5 Å². The predicted octanol–water partition coefficient (Wildman–Crippen LogP) is 2.30. The summed E-state index contributed by atoms with van der Waals surface area (Å²) in [5, 5.41) is 3.45. The van der Waals surface area contributed by atoms with E-state index < -0.39 is 0 Å². The van der Waals surface area contributed by atoms with Crippen molar-refractivity contribution in [2.75, 3.05) is 13.1 Å². The van der Waals surface area contributed by atoms with Crippen LogP contribution >= 0.6 is 15.9 Å². The van der Waals surface area contributed by atoms with Gasteiger partial charge in [0.2, 0.25) is 0 Å². The fraction of sp³-hybridized carbons (Fsp3) is 1.00. The van der Waals surface area contributed by atoms with Gasteiger partial charge in [0.15, 0.2) is 0 Å². The molecular formula is C10H16BrN. The Balaban J connectivity index is 1.67. The van der Waals surface area contributed by atoms with Crippen LogP contribution in [0.2, 0.25) is 0 Å². The van der Waals surface area contributed by atoms with Crippen molar-refractivity contribution in [3.63, 3.8) is 0 Å². The molecule has 1 N–H and O–H groups in total. The molecule has 3 saturated carbocycles. The van der Waals surface area contributed by atoms with Crippen LogP contribution in [-0.2, 0) is 0 Å². The van der Waals surface area contributed by atoms with Crippen LogP contribution in [0.1, 0.15) is 32.1 Å². The summed E-state index contributed by atoms with van der Waals surface area (Å²) in [6.07, 6.45) is 7.30. The quantitative estimate of drug-likeness (QED) is 0.681. The molecule has 0 aromatic rings. The largest absolute Gasteiger partial charge is 0.317 e. The highest BCUT2D eigenvalue weighted by Crippen LogP contribution is 2.75. The number of nitrogens with one attached hydrogen (secondary N) is 1. The summed E-state index contributed by atoms with van der Waals surface area (Å²) in [7, 11) is 0. The van der Waals surface area contributed by atoms with E-state index in [2.05, 4.69) is 21.2 Å². The van der Waals surface area contributed by atoms with Gasteiger partial charge in [0.05, 0.1) is 0 Å². The van der Waals surface area contributed by atoms with Crippen LogP contribution in [0.5, 0.6) is 0 Å². The zero-order valence-electron chi connectivity index (χ0n) is 7.41. The van der Waals surface area contributed by atoms with Crippen molar-refractivity contribution < 1.29 is 0 Å². The third-order valence-corrected chi connectivity index (χ3v) is 5.05. The standard InChI is InChI=1S/C10H16BrN/c11-10-5-9(6-10,7-10)8-1-3-12-4-2-8/h8,12H,1-7H2. The lowest BCUT2D eigenvalue weighted by Crippen LogP contribution is -2.67. The van der Waals surface area contributed by atoms with E-state index in [1.54, 1.807) is 0 Å². The minimum absolute atomic E-state index is 0.623. The normalized spacial score (nSPS) is 52.8. The molecule has 4 aliphatic rings. The monoisotopic (exact) mass is 229 g/mol. The molecule has 0 aromatic carbocycles. The van der Waals surface area contributed by atoms with E-state index in [-0.39, 0.29) is 0 Å². The van der Waals surface area contributed by atoms with Crippen LogP contribution in [0.4, 0.5) is 0 Å². The van der Waals surface area contributed by atoms with Crippen molar-refractivity contribution in [3.05, 3.63) is 0 Å². The molecule has 0 radical (unpaired) electrons. The molecule has 1 saturated heterocycles. The summed E-state index contributed by atoms with van der Waals surface area (Å²) >= 11 is 3.82. The molecule has 2 bridgehead atoms. The lowest BCUT2D eigenvalue weighted by Gasteiger charge is -2.71. The van der Waals surface area contributed by atoms with Gasteiger partial charge in [0.25, 0.3) is 0 Å². The highest BCUT2D eigenvalue weighted by molar-refractivity contribution is 9.10. The number of piperidine rings is 1. The molecule has 0 unspecified atom stereocenters. The average molecular weight is 230 g/mol. The van der Waals surface area contributed by atoms with Crippen LogP contribution in [0.15, 0.2) is 0 Å². The molecule has 1 heterocycles. The Morgan fingerprint density at radius 1 is 1.08 bits per heavy atom. The Hall–Kier alpha value is 0.440. The van der Waals surface area contributed by atoms with E-state index in [1.807, 2.05) is 0 Å². The minimum atomic E-state index is 0.623. The number of halogens is 1. The molecule has 3 aliphatic carbocycles. The zero-order chi connectivity index (χ0) is 8.23. The van der Waals surface area contributed by atoms with Gasteiger partial charge in [0.1, 0.15) is 0 Å². The van der Waals surface area contributed by atoms with Crippen molar-refractivity contribution in [2.24, 2.45) is 11.3 Å². The fourth-order valence-corrected chi connectivity index (χ4v) is 5.28. The number of hydrogen-bond acceptors (Lipinski definition) is 1. The summed E-state index contributed by atoms with van der Waals surface area (Å²) in [5.74, 6) is 1.05. The first-order chi connectivity index (χ1) is 5.73. The second-order valence-electron chi connectivity index (χ2n) is 5.07. The number of hydrogen-bond donors (Lipinski definition) is 1. The van der Waals surface area contributed by atoms with Gasteiger partial charge in [0, 0.05) is 4.32 Å². The first-order valence-electron chi connectivity index (χ1n) is 5.12. The molecule has 0 amide bonds. The zero-order valence-corrected chi connectivity index (χ0v) is 8.99. The Morgan fingerprint density at radius 3 is 2.17 bits per heavy atom.